The van der Waals surface area contributed by atoms with Crippen molar-refractivity contribution in [2.75, 3.05) is 18.5 Å². The van der Waals surface area contributed by atoms with Gasteiger partial charge in [-0.1, -0.05) is 24.2 Å². The highest BCUT2D eigenvalue weighted by Gasteiger charge is 2.67. The maximum atomic E-state index is 13.3. The van der Waals surface area contributed by atoms with E-state index in [0.717, 1.165) is 0 Å². The molecule has 30 heavy (non-hydrogen) atoms. The largest absolute Gasteiger partial charge is 0.360 e. The van der Waals surface area contributed by atoms with Crippen molar-refractivity contribution in [3.05, 3.63) is 53.9 Å². The summed E-state index contributed by atoms with van der Waals surface area (Å²) in [5, 5.41) is 3.89. The van der Waals surface area contributed by atoms with Crippen LogP contribution < -0.4 is 4.90 Å². The van der Waals surface area contributed by atoms with Crippen LogP contribution in [0.2, 0.25) is 0 Å². The molecule has 0 unspecified atom stereocenters. The predicted molar refractivity (Wildman–Crippen MR) is 103 cm³/mol. The highest BCUT2D eigenvalue weighted by atomic mass is 19.1. The fourth-order valence-electron chi connectivity index (χ4n) is 4.66. The standard InChI is InChI=1S/C21H21FN4O4/c1-3-16-23-15(24-30-16)10-25(2)19(27)17-14-8-9-21(29-14)11-26(20(28)18(17)21)13-6-4-12(22)5-7-13/h4-9,14,17-18H,3,10-11H2,1-2H3/t14-,17+,18-,21-/m0/s1. The number of ether oxygens (including phenoxy) is 1. The number of aryl methyl sites for hydroxylation is 1. The zero-order chi connectivity index (χ0) is 21.0. The summed E-state index contributed by atoms with van der Waals surface area (Å²) in [5.74, 6) is -1.08. The van der Waals surface area contributed by atoms with Gasteiger partial charge in [-0.2, -0.15) is 4.98 Å². The molecule has 0 radical (unpaired) electrons. The van der Waals surface area contributed by atoms with Crippen molar-refractivity contribution in [2.24, 2.45) is 11.8 Å². The number of nitrogens with zero attached hydrogens (tertiary/aromatic N) is 4. The lowest BCUT2D eigenvalue weighted by Gasteiger charge is -2.27. The minimum atomic E-state index is -0.835. The van der Waals surface area contributed by atoms with Crippen LogP contribution in [0, 0.1) is 17.7 Å². The Morgan fingerprint density at radius 1 is 1.37 bits per heavy atom. The minimum Gasteiger partial charge on any atom is -0.360 e. The van der Waals surface area contributed by atoms with Gasteiger partial charge in [0.25, 0.3) is 0 Å². The van der Waals surface area contributed by atoms with Gasteiger partial charge in [-0.05, 0) is 24.3 Å². The van der Waals surface area contributed by atoms with Crippen LogP contribution in [0.4, 0.5) is 10.1 Å². The number of halogens is 1. The zero-order valence-corrected chi connectivity index (χ0v) is 16.6. The SMILES string of the molecule is CCc1nc(CN(C)C(=O)[C@@H]2[C@@H]3C=C[C@@]4(CN(c5ccc(F)cc5)C(=O)[C@H]24)O3)no1. The molecule has 2 bridgehead atoms. The third-order valence-electron chi connectivity index (χ3n) is 6.09. The van der Waals surface area contributed by atoms with Gasteiger partial charge in [-0.3, -0.25) is 9.59 Å². The second kappa shape index (κ2) is 6.73. The molecule has 1 spiro atoms. The number of carbonyl (C=O) groups is 2. The molecule has 1 aromatic heterocycles. The smallest absolute Gasteiger partial charge is 0.234 e. The third kappa shape index (κ3) is 2.76. The average molecular weight is 412 g/mol. The number of fused-ring (bicyclic) bond motifs is 1. The second-order valence-electron chi connectivity index (χ2n) is 7.95. The van der Waals surface area contributed by atoms with Crippen LogP contribution in [0.25, 0.3) is 0 Å². The van der Waals surface area contributed by atoms with Crippen molar-refractivity contribution >= 4 is 17.5 Å². The Morgan fingerprint density at radius 2 is 2.13 bits per heavy atom. The van der Waals surface area contributed by atoms with Crippen LogP contribution in [-0.4, -0.2) is 52.2 Å². The van der Waals surface area contributed by atoms with Gasteiger partial charge in [0, 0.05) is 19.2 Å². The van der Waals surface area contributed by atoms with Crippen molar-refractivity contribution in [3.8, 4) is 0 Å². The molecule has 156 valence electrons. The minimum absolute atomic E-state index is 0.185. The molecule has 2 aromatic rings. The Kier molecular flexibility index (Phi) is 4.25. The Balaban J connectivity index is 1.39. The van der Waals surface area contributed by atoms with Gasteiger partial charge in [-0.25, -0.2) is 4.39 Å². The number of amides is 2. The molecule has 2 fully saturated rings. The average Bonchev–Trinajstić information content (AvgIpc) is 3.49. The van der Waals surface area contributed by atoms with Gasteiger partial charge >= 0.3 is 0 Å². The first-order valence-electron chi connectivity index (χ1n) is 9.92. The molecule has 2 amide bonds. The monoisotopic (exact) mass is 412 g/mol. The fourth-order valence-corrected chi connectivity index (χ4v) is 4.66. The van der Waals surface area contributed by atoms with E-state index in [9.17, 15) is 14.0 Å². The van der Waals surface area contributed by atoms with Crippen LogP contribution in [0.1, 0.15) is 18.6 Å². The predicted octanol–water partition coefficient (Wildman–Crippen LogP) is 1.72. The van der Waals surface area contributed by atoms with Gasteiger partial charge in [0.1, 0.15) is 11.4 Å². The van der Waals surface area contributed by atoms with Crippen LogP contribution >= 0.6 is 0 Å². The van der Waals surface area contributed by atoms with Crippen LogP contribution in [0.15, 0.2) is 40.9 Å². The molecule has 8 nitrogen and oxygen atoms in total. The van der Waals surface area contributed by atoms with Crippen molar-refractivity contribution in [2.45, 2.75) is 31.6 Å². The van der Waals surface area contributed by atoms with E-state index in [2.05, 4.69) is 10.1 Å². The lowest BCUT2D eigenvalue weighted by molar-refractivity contribution is -0.139. The molecule has 9 heteroatoms. The van der Waals surface area contributed by atoms with Gasteiger partial charge in [-0.15, -0.1) is 0 Å². The zero-order valence-electron chi connectivity index (χ0n) is 16.6. The maximum absolute atomic E-state index is 13.3. The molecule has 5 rings (SSSR count). The molecule has 0 aliphatic carbocycles. The number of anilines is 1. The number of benzene rings is 1. The van der Waals surface area contributed by atoms with Gasteiger partial charge in [0.15, 0.2) is 5.82 Å². The van der Waals surface area contributed by atoms with Gasteiger partial charge in [0.2, 0.25) is 17.7 Å². The number of rotatable bonds is 5. The number of hydrogen-bond donors (Lipinski definition) is 0. The molecule has 3 aliphatic heterocycles. The topological polar surface area (TPSA) is 88.8 Å². The van der Waals surface area contributed by atoms with Crippen molar-refractivity contribution in [1.29, 1.82) is 0 Å². The maximum Gasteiger partial charge on any atom is 0.234 e. The van der Waals surface area contributed by atoms with Crippen molar-refractivity contribution in [3.63, 3.8) is 0 Å². The molecule has 1 aromatic carbocycles. The molecular formula is C21H21FN4O4. The Bertz CT molecular complexity index is 1040. The van der Waals surface area contributed by atoms with E-state index in [0.29, 0.717) is 30.4 Å². The third-order valence-corrected chi connectivity index (χ3v) is 6.09. The highest BCUT2D eigenvalue weighted by Crippen LogP contribution is 2.53. The molecule has 2 saturated heterocycles. The number of hydrogen-bond acceptors (Lipinski definition) is 6. The molecule has 0 saturated carbocycles. The second-order valence-corrected chi connectivity index (χ2v) is 7.95. The van der Waals surface area contributed by atoms with E-state index < -0.39 is 23.5 Å². The van der Waals surface area contributed by atoms with Crippen molar-refractivity contribution in [1.82, 2.24) is 15.0 Å². The summed E-state index contributed by atoms with van der Waals surface area (Å²) in [5.41, 5.74) is -0.247. The van der Waals surface area contributed by atoms with E-state index in [1.807, 2.05) is 19.1 Å². The van der Waals surface area contributed by atoms with E-state index in [4.69, 9.17) is 9.26 Å². The first-order valence-corrected chi connectivity index (χ1v) is 9.92. The summed E-state index contributed by atoms with van der Waals surface area (Å²) < 4.78 is 24.5. The lowest BCUT2D eigenvalue weighted by atomic mass is 9.76. The molecule has 4 heterocycles. The Labute approximate surface area is 172 Å². The Hall–Kier alpha value is -3.07. The molecule has 3 aliphatic rings. The van der Waals surface area contributed by atoms with Gasteiger partial charge < -0.3 is 19.1 Å². The van der Waals surface area contributed by atoms with E-state index in [1.165, 1.54) is 17.0 Å². The highest BCUT2D eigenvalue weighted by molar-refractivity contribution is 6.03. The quantitative estimate of drug-likeness (QED) is 0.695. The summed E-state index contributed by atoms with van der Waals surface area (Å²) in [6.45, 7) is 2.39. The first-order chi connectivity index (χ1) is 14.4. The van der Waals surface area contributed by atoms with E-state index >= 15 is 0 Å². The summed E-state index contributed by atoms with van der Waals surface area (Å²) >= 11 is 0. The van der Waals surface area contributed by atoms with Crippen molar-refractivity contribution < 1.29 is 23.2 Å². The summed E-state index contributed by atoms with van der Waals surface area (Å²) in [6, 6.07) is 5.75. The normalized spacial score (nSPS) is 29.0. The molecular weight excluding hydrogens is 391 g/mol. The molecule has 0 N–H and O–H groups in total. The fraction of sp³-hybridized carbons (Fsp3) is 0.429. The summed E-state index contributed by atoms with van der Waals surface area (Å²) in [7, 11) is 1.66. The summed E-state index contributed by atoms with van der Waals surface area (Å²) in [4.78, 5) is 33.9. The van der Waals surface area contributed by atoms with E-state index in [-0.39, 0.29) is 24.2 Å². The molecule has 4 atom stereocenters. The number of aromatic nitrogens is 2. The van der Waals surface area contributed by atoms with Crippen LogP contribution in [-0.2, 0) is 27.3 Å². The number of carbonyl (C=O) groups excluding carboxylic acids is 2. The first kappa shape index (κ1) is 18.9. The van der Waals surface area contributed by atoms with E-state index in [1.54, 1.807) is 24.1 Å². The summed E-state index contributed by atoms with van der Waals surface area (Å²) in [6.07, 6.45) is 3.92. The van der Waals surface area contributed by atoms with Crippen LogP contribution in [0.3, 0.4) is 0 Å². The van der Waals surface area contributed by atoms with Crippen LogP contribution in [0.5, 0.6) is 0 Å². The Morgan fingerprint density at radius 3 is 2.83 bits per heavy atom. The van der Waals surface area contributed by atoms with Gasteiger partial charge in [0.05, 0.1) is 31.0 Å². The lowest BCUT2D eigenvalue weighted by Crippen LogP contribution is -2.44.